The van der Waals surface area contributed by atoms with Crippen molar-refractivity contribution >= 4 is 11.0 Å². The van der Waals surface area contributed by atoms with E-state index in [0.717, 1.165) is 0 Å². The zero-order valence-corrected chi connectivity index (χ0v) is 11.2. The largest absolute Gasteiger partial charge is 0.458 e. The summed E-state index contributed by atoms with van der Waals surface area (Å²) in [7, 11) is 0. The fourth-order valence-corrected chi connectivity index (χ4v) is 2.38. The van der Waals surface area contributed by atoms with Crippen LogP contribution >= 0.6 is 0 Å². The van der Waals surface area contributed by atoms with Crippen LogP contribution < -0.4 is 15.8 Å². The van der Waals surface area contributed by atoms with Gasteiger partial charge in [0.15, 0.2) is 11.0 Å². The maximum absolute atomic E-state index is 12.5. The minimum absolute atomic E-state index is 0.0440. The van der Waals surface area contributed by atoms with Crippen LogP contribution in [0.4, 0.5) is 0 Å². The number of hydrogen-bond acceptors (Lipinski definition) is 5. The van der Waals surface area contributed by atoms with Crippen molar-refractivity contribution in [1.82, 2.24) is 0 Å². The second-order valence-corrected chi connectivity index (χ2v) is 5.44. The van der Waals surface area contributed by atoms with Crippen LogP contribution in [0.5, 0.6) is 5.95 Å². The molecule has 1 atom stereocenters. The standard InChI is InChI=1S/C14H14O5/c1-6-5-8-10(12(16)17-6)11(15)9-7(2)14(3,4)19-13(9)18-8/h5,7H,1-4H3. The van der Waals surface area contributed by atoms with E-state index in [1.807, 2.05) is 20.8 Å². The summed E-state index contributed by atoms with van der Waals surface area (Å²) in [5.74, 6) is 0.453. The Morgan fingerprint density at radius 2 is 1.89 bits per heavy atom. The fourth-order valence-electron chi connectivity index (χ4n) is 2.38. The van der Waals surface area contributed by atoms with Gasteiger partial charge in [-0.3, -0.25) is 4.79 Å². The van der Waals surface area contributed by atoms with Crippen molar-refractivity contribution < 1.29 is 13.6 Å². The first-order chi connectivity index (χ1) is 8.81. The lowest BCUT2D eigenvalue weighted by Crippen LogP contribution is -2.29. The minimum Gasteiger partial charge on any atom is -0.458 e. The summed E-state index contributed by atoms with van der Waals surface area (Å²) < 4.78 is 16.2. The third-order valence-corrected chi connectivity index (χ3v) is 3.76. The Balaban J connectivity index is 2.46. The van der Waals surface area contributed by atoms with E-state index in [0.29, 0.717) is 11.3 Å². The van der Waals surface area contributed by atoms with E-state index in [1.165, 1.54) is 6.07 Å². The molecule has 0 bridgehead atoms. The highest BCUT2D eigenvalue weighted by molar-refractivity contribution is 5.76. The zero-order valence-electron chi connectivity index (χ0n) is 11.2. The van der Waals surface area contributed by atoms with E-state index < -0.39 is 11.2 Å². The molecule has 19 heavy (non-hydrogen) atoms. The third-order valence-electron chi connectivity index (χ3n) is 3.76. The molecule has 0 N–H and O–H groups in total. The summed E-state index contributed by atoms with van der Waals surface area (Å²) in [6.07, 6.45) is 0. The Morgan fingerprint density at radius 3 is 2.58 bits per heavy atom. The molecule has 1 unspecified atom stereocenters. The predicted octanol–water partition coefficient (Wildman–Crippen LogP) is 2.33. The van der Waals surface area contributed by atoms with Crippen LogP contribution in [-0.4, -0.2) is 5.60 Å². The molecule has 5 heteroatoms. The number of rotatable bonds is 0. The average molecular weight is 262 g/mol. The maximum atomic E-state index is 12.5. The second-order valence-electron chi connectivity index (χ2n) is 5.44. The summed E-state index contributed by atoms with van der Waals surface area (Å²) in [5, 5.41) is -0.0440. The molecule has 0 saturated carbocycles. The molecule has 0 radical (unpaired) electrons. The Hall–Kier alpha value is -2.04. The van der Waals surface area contributed by atoms with Crippen LogP contribution in [0.15, 0.2) is 24.5 Å². The first-order valence-corrected chi connectivity index (χ1v) is 6.12. The summed E-state index contributed by atoms with van der Waals surface area (Å²) in [5.41, 5.74) is -0.931. The summed E-state index contributed by atoms with van der Waals surface area (Å²) in [6.45, 7) is 7.27. The van der Waals surface area contributed by atoms with Gasteiger partial charge in [0, 0.05) is 12.0 Å². The van der Waals surface area contributed by atoms with Crippen molar-refractivity contribution in [3.05, 3.63) is 38.0 Å². The quantitative estimate of drug-likeness (QED) is 0.728. The van der Waals surface area contributed by atoms with Gasteiger partial charge >= 0.3 is 5.63 Å². The molecule has 100 valence electrons. The van der Waals surface area contributed by atoms with Gasteiger partial charge in [-0.15, -0.1) is 0 Å². The Bertz CT molecular complexity index is 794. The molecular weight excluding hydrogens is 248 g/mol. The van der Waals surface area contributed by atoms with Gasteiger partial charge in [-0.05, 0) is 20.8 Å². The van der Waals surface area contributed by atoms with E-state index >= 15 is 0 Å². The molecule has 3 heterocycles. The average Bonchev–Trinajstić information content (AvgIpc) is 2.48. The number of ether oxygens (including phenoxy) is 1. The van der Waals surface area contributed by atoms with Crippen molar-refractivity contribution in [2.45, 2.75) is 39.2 Å². The highest BCUT2D eigenvalue weighted by atomic mass is 16.6. The maximum Gasteiger partial charge on any atom is 0.351 e. The molecule has 1 aliphatic heterocycles. The number of hydrogen-bond donors (Lipinski definition) is 0. The monoisotopic (exact) mass is 262 g/mol. The van der Waals surface area contributed by atoms with Crippen molar-refractivity contribution in [3.63, 3.8) is 0 Å². The SMILES string of the molecule is Cc1cc2oc3c(c(=O)c2c(=O)o1)C(C)C(C)(C)O3. The summed E-state index contributed by atoms with van der Waals surface area (Å²) in [4.78, 5) is 24.3. The summed E-state index contributed by atoms with van der Waals surface area (Å²) >= 11 is 0. The van der Waals surface area contributed by atoms with Crippen molar-refractivity contribution in [2.75, 3.05) is 0 Å². The van der Waals surface area contributed by atoms with Gasteiger partial charge in [-0.25, -0.2) is 4.79 Å². The van der Waals surface area contributed by atoms with Crippen molar-refractivity contribution in [1.29, 1.82) is 0 Å². The molecule has 5 nitrogen and oxygen atoms in total. The van der Waals surface area contributed by atoms with E-state index in [9.17, 15) is 9.59 Å². The van der Waals surface area contributed by atoms with Gasteiger partial charge in [0.1, 0.15) is 11.4 Å². The molecule has 0 spiro atoms. The topological polar surface area (TPSA) is 69.7 Å². The van der Waals surface area contributed by atoms with Crippen LogP contribution in [0, 0.1) is 6.92 Å². The van der Waals surface area contributed by atoms with E-state index in [-0.39, 0.29) is 28.3 Å². The van der Waals surface area contributed by atoms with Crippen molar-refractivity contribution in [2.24, 2.45) is 0 Å². The Labute approximate surface area is 108 Å². The van der Waals surface area contributed by atoms with Gasteiger partial charge in [0.25, 0.3) is 5.95 Å². The van der Waals surface area contributed by atoms with E-state index in [2.05, 4.69) is 0 Å². The molecule has 0 aromatic carbocycles. The van der Waals surface area contributed by atoms with Crippen LogP contribution in [0.2, 0.25) is 0 Å². The number of fused-ring (bicyclic) bond motifs is 2. The molecule has 0 amide bonds. The van der Waals surface area contributed by atoms with Gasteiger partial charge in [0.2, 0.25) is 5.43 Å². The van der Waals surface area contributed by atoms with Gasteiger partial charge in [-0.2, -0.15) is 0 Å². The Kier molecular flexibility index (Phi) is 2.21. The molecule has 0 aliphatic carbocycles. The molecule has 3 rings (SSSR count). The van der Waals surface area contributed by atoms with E-state index in [1.54, 1.807) is 6.92 Å². The lowest BCUT2D eigenvalue weighted by atomic mass is 9.89. The smallest absolute Gasteiger partial charge is 0.351 e. The van der Waals surface area contributed by atoms with Gasteiger partial charge in [0.05, 0.1) is 5.56 Å². The third kappa shape index (κ3) is 1.54. The van der Waals surface area contributed by atoms with Crippen LogP contribution in [0.1, 0.15) is 38.0 Å². The minimum atomic E-state index is -0.663. The molecule has 0 saturated heterocycles. The molecular formula is C14H14O5. The molecule has 1 aliphatic rings. The second kappa shape index (κ2) is 3.50. The molecule has 0 fully saturated rings. The molecule has 2 aromatic heterocycles. The molecule has 2 aromatic rings. The summed E-state index contributed by atoms with van der Waals surface area (Å²) in [6, 6.07) is 1.53. The van der Waals surface area contributed by atoms with E-state index in [4.69, 9.17) is 13.6 Å². The Morgan fingerprint density at radius 1 is 1.21 bits per heavy atom. The van der Waals surface area contributed by atoms with Gasteiger partial charge < -0.3 is 13.6 Å². The lowest BCUT2D eigenvalue weighted by Gasteiger charge is -2.21. The van der Waals surface area contributed by atoms with Gasteiger partial charge in [-0.1, -0.05) is 6.92 Å². The highest BCUT2D eigenvalue weighted by Gasteiger charge is 2.42. The number of aryl methyl sites for hydroxylation is 1. The van der Waals surface area contributed by atoms with Crippen LogP contribution in [0.25, 0.3) is 11.0 Å². The van der Waals surface area contributed by atoms with Crippen molar-refractivity contribution in [3.8, 4) is 5.95 Å². The van der Waals surface area contributed by atoms with Crippen LogP contribution in [-0.2, 0) is 0 Å². The normalized spacial score (nSPS) is 20.3. The first-order valence-electron chi connectivity index (χ1n) is 6.12. The lowest BCUT2D eigenvalue weighted by molar-refractivity contribution is 0.0906. The fraction of sp³-hybridized carbons (Fsp3) is 0.429. The van der Waals surface area contributed by atoms with Crippen LogP contribution in [0.3, 0.4) is 0 Å². The first kappa shape index (κ1) is 12.0. The zero-order chi connectivity index (χ0) is 13.9. The predicted molar refractivity (Wildman–Crippen MR) is 68.9 cm³/mol. The highest BCUT2D eigenvalue weighted by Crippen LogP contribution is 2.43.